The molecule has 0 N–H and O–H groups in total. The van der Waals surface area contributed by atoms with E-state index in [0.29, 0.717) is 5.92 Å². The van der Waals surface area contributed by atoms with Gasteiger partial charge in [-0.15, -0.1) is 0 Å². The van der Waals surface area contributed by atoms with Crippen LogP contribution in [0.1, 0.15) is 24.0 Å². The molecule has 0 fully saturated rings. The topological polar surface area (TPSA) is 9.23 Å². The molecule has 0 saturated heterocycles. The van der Waals surface area contributed by atoms with Gasteiger partial charge in [0.05, 0.1) is 7.11 Å². The van der Waals surface area contributed by atoms with E-state index >= 15 is 0 Å². The number of ether oxygens (including phenoxy) is 1. The maximum atomic E-state index is 5.89. The zero-order valence-corrected chi connectivity index (χ0v) is 10.7. The first-order valence-electron chi connectivity index (χ1n) is 5.60. The molecule has 0 aromatic heterocycles. The van der Waals surface area contributed by atoms with Crippen LogP contribution in [0.5, 0.6) is 5.75 Å². The zero-order chi connectivity index (χ0) is 12.3. The van der Waals surface area contributed by atoms with Crippen molar-refractivity contribution in [2.24, 2.45) is 0 Å². The quantitative estimate of drug-likeness (QED) is 0.775. The zero-order valence-electron chi connectivity index (χ0n) is 9.98. The first kappa shape index (κ1) is 12.0. The van der Waals surface area contributed by atoms with E-state index in [0.717, 1.165) is 10.8 Å². The van der Waals surface area contributed by atoms with Gasteiger partial charge >= 0.3 is 0 Å². The molecule has 0 spiro atoms. The summed E-state index contributed by atoms with van der Waals surface area (Å²) < 4.78 is 5.15. The molecule has 0 amide bonds. The third-order valence-corrected chi connectivity index (χ3v) is 3.24. The molecule has 17 heavy (non-hydrogen) atoms. The first-order valence-corrected chi connectivity index (χ1v) is 5.98. The molecule has 0 bridgehead atoms. The van der Waals surface area contributed by atoms with Crippen LogP contribution in [-0.4, -0.2) is 7.11 Å². The van der Waals surface area contributed by atoms with Crippen molar-refractivity contribution in [2.75, 3.05) is 7.11 Å². The van der Waals surface area contributed by atoms with E-state index in [-0.39, 0.29) is 0 Å². The van der Waals surface area contributed by atoms with E-state index in [1.807, 2.05) is 24.3 Å². The molecule has 2 aromatic rings. The molecular formula is C15H15ClO. The van der Waals surface area contributed by atoms with E-state index in [1.54, 1.807) is 7.11 Å². The van der Waals surface area contributed by atoms with Crippen molar-refractivity contribution < 1.29 is 4.74 Å². The lowest BCUT2D eigenvalue weighted by atomic mass is 9.93. The second-order valence-electron chi connectivity index (χ2n) is 4.05. The van der Waals surface area contributed by atoms with Crippen LogP contribution in [0.15, 0.2) is 48.5 Å². The van der Waals surface area contributed by atoms with Gasteiger partial charge in [-0.2, -0.15) is 0 Å². The first-order chi connectivity index (χ1) is 8.20. The number of rotatable bonds is 3. The van der Waals surface area contributed by atoms with Crippen LogP contribution < -0.4 is 4.74 Å². The number of hydrogen-bond donors (Lipinski definition) is 0. The van der Waals surface area contributed by atoms with Gasteiger partial charge < -0.3 is 4.74 Å². The molecule has 2 aromatic carbocycles. The summed E-state index contributed by atoms with van der Waals surface area (Å²) in [5.74, 6) is 1.25. The minimum absolute atomic E-state index is 0.359. The maximum Gasteiger partial charge on any atom is 0.118 e. The molecule has 2 rings (SSSR count). The van der Waals surface area contributed by atoms with Crippen LogP contribution >= 0.6 is 11.6 Å². The van der Waals surface area contributed by atoms with Gasteiger partial charge in [-0.1, -0.05) is 42.8 Å². The summed E-state index contributed by atoms with van der Waals surface area (Å²) in [6.07, 6.45) is 0. The van der Waals surface area contributed by atoms with Gasteiger partial charge in [-0.25, -0.2) is 0 Å². The molecule has 0 saturated carbocycles. The van der Waals surface area contributed by atoms with Gasteiger partial charge in [-0.05, 0) is 35.4 Å². The second-order valence-corrected chi connectivity index (χ2v) is 4.48. The molecule has 1 nitrogen and oxygen atoms in total. The average Bonchev–Trinajstić information content (AvgIpc) is 2.39. The lowest BCUT2D eigenvalue weighted by Crippen LogP contribution is -1.95. The lowest BCUT2D eigenvalue weighted by molar-refractivity contribution is 0.414. The van der Waals surface area contributed by atoms with E-state index in [1.165, 1.54) is 11.1 Å². The second kappa shape index (κ2) is 5.24. The van der Waals surface area contributed by atoms with Gasteiger partial charge in [0.1, 0.15) is 5.75 Å². The fourth-order valence-electron chi connectivity index (χ4n) is 1.84. The fraction of sp³-hybridized carbons (Fsp3) is 0.200. The molecule has 1 atom stereocenters. The highest BCUT2D eigenvalue weighted by Gasteiger charge is 2.08. The summed E-state index contributed by atoms with van der Waals surface area (Å²) in [6, 6.07) is 16.2. The molecule has 2 heteroatoms. The summed E-state index contributed by atoms with van der Waals surface area (Å²) in [4.78, 5) is 0. The monoisotopic (exact) mass is 246 g/mol. The number of methoxy groups -OCH3 is 1. The molecule has 0 heterocycles. The molecule has 0 aliphatic heterocycles. The number of hydrogen-bond acceptors (Lipinski definition) is 1. The SMILES string of the molecule is COc1ccc([C@@H](C)c2ccc(Cl)cc2)cc1. The van der Waals surface area contributed by atoms with Gasteiger partial charge in [0.2, 0.25) is 0 Å². The Labute approximate surface area is 107 Å². The minimum Gasteiger partial charge on any atom is -0.497 e. The summed E-state index contributed by atoms with van der Waals surface area (Å²) in [5.41, 5.74) is 2.53. The largest absolute Gasteiger partial charge is 0.497 e. The van der Waals surface area contributed by atoms with Crippen molar-refractivity contribution >= 4 is 11.6 Å². The molecule has 0 unspecified atom stereocenters. The summed E-state index contributed by atoms with van der Waals surface area (Å²) in [5, 5.41) is 0.774. The van der Waals surface area contributed by atoms with Crippen molar-refractivity contribution in [3.63, 3.8) is 0 Å². The van der Waals surface area contributed by atoms with Crippen molar-refractivity contribution in [1.82, 2.24) is 0 Å². The molecule has 88 valence electrons. The van der Waals surface area contributed by atoms with Crippen LogP contribution in [0.4, 0.5) is 0 Å². The Morgan fingerprint density at radius 3 is 1.82 bits per heavy atom. The lowest BCUT2D eigenvalue weighted by Gasteiger charge is -2.13. The highest BCUT2D eigenvalue weighted by Crippen LogP contribution is 2.26. The Hall–Kier alpha value is -1.47. The molecular weight excluding hydrogens is 232 g/mol. The van der Waals surface area contributed by atoms with Crippen molar-refractivity contribution in [1.29, 1.82) is 0 Å². The highest BCUT2D eigenvalue weighted by molar-refractivity contribution is 6.30. The smallest absolute Gasteiger partial charge is 0.118 e. The Balaban J connectivity index is 2.23. The van der Waals surface area contributed by atoms with Gasteiger partial charge in [-0.3, -0.25) is 0 Å². The minimum atomic E-state index is 0.359. The standard InChI is InChI=1S/C15H15ClO/c1-11(12-3-7-14(16)8-4-12)13-5-9-15(17-2)10-6-13/h3-11H,1-2H3/t11-/m0/s1. The van der Waals surface area contributed by atoms with Crippen molar-refractivity contribution in [3.8, 4) is 5.75 Å². The van der Waals surface area contributed by atoms with Gasteiger partial charge in [0.15, 0.2) is 0 Å². The summed E-state index contributed by atoms with van der Waals surface area (Å²) >= 11 is 5.89. The van der Waals surface area contributed by atoms with Crippen LogP contribution in [0, 0.1) is 0 Å². The predicted octanol–water partition coefficient (Wildman–Crippen LogP) is 4.50. The third-order valence-electron chi connectivity index (χ3n) is 2.99. The normalized spacial score (nSPS) is 12.2. The van der Waals surface area contributed by atoms with E-state index in [4.69, 9.17) is 16.3 Å². The number of halogens is 1. The van der Waals surface area contributed by atoms with E-state index < -0.39 is 0 Å². The van der Waals surface area contributed by atoms with Crippen LogP contribution in [-0.2, 0) is 0 Å². The number of benzene rings is 2. The molecule has 0 radical (unpaired) electrons. The van der Waals surface area contributed by atoms with Gasteiger partial charge in [0.25, 0.3) is 0 Å². The Kier molecular flexibility index (Phi) is 3.70. The maximum absolute atomic E-state index is 5.89. The summed E-state index contributed by atoms with van der Waals surface area (Å²) in [6.45, 7) is 2.19. The molecule has 0 aliphatic carbocycles. The van der Waals surface area contributed by atoms with Crippen LogP contribution in [0.25, 0.3) is 0 Å². The van der Waals surface area contributed by atoms with Crippen LogP contribution in [0.2, 0.25) is 5.02 Å². The Morgan fingerprint density at radius 2 is 1.35 bits per heavy atom. The van der Waals surface area contributed by atoms with E-state index in [9.17, 15) is 0 Å². The van der Waals surface area contributed by atoms with Crippen LogP contribution in [0.3, 0.4) is 0 Å². The fourth-order valence-corrected chi connectivity index (χ4v) is 1.96. The Bertz CT molecular complexity index is 473. The highest BCUT2D eigenvalue weighted by atomic mass is 35.5. The summed E-state index contributed by atoms with van der Waals surface area (Å²) in [7, 11) is 1.68. The predicted molar refractivity (Wildman–Crippen MR) is 72.0 cm³/mol. The van der Waals surface area contributed by atoms with E-state index in [2.05, 4.69) is 31.2 Å². The van der Waals surface area contributed by atoms with Crippen molar-refractivity contribution in [3.05, 3.63) is 64.7 Å². The van der Waals surface area contributed by atoms with Crippen molar-refractivity contribution in [2.45, 2.75) is 12.8 Å². The molecule has 0 aliphatic rings. The Morgan fingerprint density at radius 1 is 0.882 bits per heavy atom. The third kappa shape index (κ3) is 2.80. The van der Waals surface area contributed by atoms with Gasteiger partial charge in [0, 0.05) is 10.9 Å². The average molecular weight is 247 g/mol.